The standard InChI is InChI=1S/C13H19F2NO4S/c1-9(2)16(4-5-20-3)21(18,19)12-7-10(8-17)6-11(14)13(12)15/h6-7,9,17H,4-5,8H2,1-3H3. The van der Waals surface area contributed by atoms with Crippen molar-refractivity contribution in [2.45, 2.75) is 31.4 Å². The second-order valence-electron chi connectivity index (χ2n) is 4.75. The molecule has 0 aliphatic rings. The van der Waals surface area contributed by atoms with Crippen LogP contribution in [0.3, 0.4) is 0 Å². The Bertz CT molecular complexity index is 590. The number of hydrogen-bond donors (Lipinski definition) is 1. The van der Waals surface area contributed by atoms with Gasteiger partial charge in [0.1, 0.15) is 4.90 Å². The van der Waals surface area contributed by atoms with Crippen molar-refractivity contribution in [3.63, 3.8) is 0 Å². The van der Waals surface area contributed by atoms with Crippen molar-refractivity contribution in [1.29, 1.82) is 0 Å². The lowest BCUT2D eigenvalue weighted by molar-refractivity contribution is 0.170. The van der Waals surface area contributed by atoms with Gasteiger partial charge in [-0.1, -0.05) is 0 Å². The molecule has 0 aliphatic carbocycles. The van der Waals surface area contributed by atoms with Crippen molar-refractivity contribution in [3.05, 3.63) is 29.3 Å². The Labute approximate surface area is 123 Å². The Balaban J connectivity index is 3.37. The number of nitrogens with zero attached hydrogens (tertiary/aromatic N) is 1. The molecule has 5 nitrogen and oxygen atoms in total. The van der Waals surface area contributed by atoms with Crippen molar-refractivity contribution < 1.29 is 27.0 Å². The van der Waals surface area contributed by atoms with Crippen LogP contribution < -0.4 is 0 Å². The summed E-state index contributed by atoms with van der Waals surface area (Å²) < 4.78 is 58.2. The lowest BCUT2D eigenvalue weighted by Crippen LogP contribution is -2.39. The third-order valence-corrected chi connectivity index (χ3v) is 4.99. The largest absolute Gasteiger partial charge is 0.392 e. The van der Waals surface area contributed by atoms with Crippen LogP contribution in [0.1, 0.15) is 19.4 Å². The predicted octanol–water partition coefficient (Wildman–Crippen LogP) is 1.50. The van der Waals surface area contributed by atoms with E-state index in [9.17, 15) is 17.2 Å². The van der Waals surface area contributed by atoms with Gasteiger partial charge in [0, 0.05) is 19.7 Å². The topological polar surface area (TPSA) is 66.8 Å². The van der Waals surface area contributed by atoms with E-state index in [1.165, 1.54) is 7.11 Å². The fraction of sp³-hybridized carbons (Fsp3) is 0.538. The van der Waals surface area contributed by atoms with E-state index in [4.69, 9.17) is 9.84 Å². The minimum Gasteiger partial charge on any atom is -0.392 e. The molecule has 0 aromatic heterocycles. The quantitative estimate of drug-likeness (QED) is 0.826. The third-order valence-electron chi connectivity index (χ3n) is 2.92. The van der Waals surface area contributed by atoms with Crippen LogP contribution >= 0.6 is 0 Å². The number of sulfonamides is 1. The van der Waals surface area contributed by atoms with Crippen LogP contribution in [0.2, 0.25) is 0 Å². The summed E-state index contributed by atoms with van der Waals surface area (Å²) in [5.41, 5.74) is -0.0112. The molecule has 1 N–H and O–H groups in total. The zero-order valence-corrected chi connectivity index (χ0v) is 13.0. The summed E-state index contributed by atoms with van der Waals surface area (Å²) in [5, 5.41) is 9.01. The van der Waals surface area contributed by atoms with E-state index >= 15 is 0 Å². The van der Waals surface area contributed by atoms with Crippen LogP contribution in [0.25, 0.3) is 0 Å². The number of halogens is 2. The molecule has 1 aromatic rings. The summed E-state index contributed by atoms with van der Waals surface area (Å²) in [5.74, 6) is -2.76. The molecule has 0 amide bonds. The van der Waals surface area contributed by atoms with Crippen molar-refractivity contribution >= 4 is 10.0 Å². The van der Waals surface area contributed by atoms with Crippen LogP contribution in [-0.4, -0.2) is 44.1 Å². The Kier molecular flexibility index (Phi) is 6.21. The molecule has 0 atom stereocenters. The number of ether oxygens (including phenoxy) is 1. The Morgan fingerprint density at radius 1 is 1.33 bits per heavy atom. The van der Waals surface area contributed by atoms with Gasteiger partial charge in [-0.05, 0) is 31.5 Å². The minimum atomic E-state index is -4.23. The van der Waals surface area contributed by atoms with Crippen LogP contribution in [0.15, 0.2) is 17.0 Å². The summed E-state index contributed by atoms with van der Waals surface area (Å²) in [6.45, 7) is 2.80. The first-order valence-corrected chi connectivity index (χ1v) is 7.79. The highest BCUT2D eigenvalue weighted by atomic mass is 32.2. The second kappa shape index (κ2) is 7.26. The molecular formula is C13H19F2NO4S. The molecule has 120 valence electrons. The maximum absolute atomic E-state index is 13.9. The van der Waals surface area contributed by atoms with Gasteiger partial charge >= 0.3 is 0 Å². The third kappa shape index (κ3) is 3.97. The Morgan fingerprint density at radius 2 is 1.95 bits per heavy atom. The molecule has 0 heterocycles. The molecule has 1 rings (SSSR count). The highest BCUT2D eigenvalue weighted by Gasteiger charge is 2.31. The van der Waals surface area contributed by atoms with E-state index in [-0.39, 0.29) is 18.7 Å². The number of benzene rings is 1. The van der Waals surface area contributed by atoms with E-state index in [0.717, 1.165) is 16.4 Å². The molecule has 0 spiro atoms. The van der Waals surface area contributed by atoms with Gasteiger partial charge in [-0.15, -0.1) is 0 Å². The zero-order chi connectivity index (χ0) is 16.2. The lowest BCUT2D eigenvalue weighted by Gasteiger charge is -2.26. The Morgan fingerprint density at radius 3 is 2.43 bits per heavy atom. The van der Waals surface area contributed by atoms with Gasteiger partial charge in [0.05, 0.1) is 13.2 Å². The normalized spacial score (nSPS) is 12.4. The van der Waals surface area contributed by atoms with E-state index in [2.05, 4.69) is 0 Å². The van der Waals surface area contributed by atoms with Crippen molar-refractivity contribution in [2.75, 3.05) is 20.3 Å². The fourth-order valence-corrected chi connectivity index (χ4v) is 3.61. The molecule has 21 heavy (non-hydrogen) atoms. The first kappa shape index (κ1) is 18.0. The van der Waals surface area contributed by atoms with E-state index < -0.39 is 39.2 Å². The number of rotatable bonds is 7. The monoisotopic (exact) mass is 323 g/mol. The molecule has 0 radical (unpaired) electrons. The first-order valence-electron chi connectivity index (χ1n) is 6.35. The van der Waals surface area contributed by atoms with Crippen molar-refractivity contribution in [2.24, 2.45) is 0 Å². The maximum Gasteiger partial charge on any atom is 0.246 e. The first-order chi connectivity index (χ1) is 9.75. The van der Waals surface area contributed by atoms with Crippen molar-refractivity contribution in [3.8, 4) is 0 Å². The molecule has 0 saturated carbocycles. The smallest absolute Gasteiger partial charge is 0.246 e. The van der Waals surface area contributed by atoms with E-state index in [0.29, 0.717) is 0 Å². The van der Waals surface area contributed by atoms with Gasteiger partial charge in [0.15, 0.2) is 11.6 Å². The van der Waals surface area contributed by atoms with E-state index in [1.54, 1.807) is 13.8 Å². The number of methoxy groups -OCH3 is 1. The molecule has 0 unspecified atom stereocenters. The van der Waals surface area contributed by atoms with Gasteiger partial charge in [0.25, 0.3) is 0 Å². The molecule has 0 aliphatic heterocycles. The fourth-order valence-electron chi connectivity index (χ4n) is 1.86. The molecule has 0 saturated heterocycles. The average Bonchev–Trinajstić information content (AvgIpc) is 2.41. The SMILES string of the molecule is COCCN(C(C)C)S(=O)(=O)c1cc(CO)cc(F)c1F. The predicted molar refractivity (Wildman–Crippen MR) is 73.2 cm³/mol. The molecule has 0 fully saturated rings. The summed E-state index contributed by atoms with van der Waals surface area (Å²) >= 11 is 0. The number of aliphatic hydroxyl groups excluding tert-OH is 1. The average molecular weight is 323 g/mol. The molecule has 0 bridgehead atoms. The van der Waals surface area contributed by atoms with Crippen LogP contribution in [-0.2, 0) is 21.4 Å². The highest BCUT2D eigenvalue weighted by molar-refractivity contribution is 7.89. The lowest BCUT2D eigenvalue weighted by atomic mass is 10.2. The molecule has 8 heteroatoms. The van der Waals surface area contributed by atoms with E-state index in [1.807, 2.05) is 0 Å². The summed E-state index contributed by atoms with van der Waals surface area (Å²) in [4.78, 5) is -0.781. The Hall–Kier alpha value is -1.09. The number of hydrogen-bond acceptors (Lipinski definition) is 4. The minimum absolute atomic E-state index is 0.0112. The summed E-state index contributed by atoms with van der Waals surface area (Å²) in [6, 6.07) is 1.25. The van der Waals surface area contributed by atoms with Gasteiger partial charge < -0.3 is 9.84 Å². The van der Waals surface area contributed by atoms with Gasteiger partial charge in [0.2, 0.25) is 10.0 Å². The van der Waals surface area contributed by atoms with Crippen LogP contribution in [0.5, 0.6) is 0 Å². The molecular weight excluding hydrogens is 304 g/mol. The van der Waals surface area contributed by atoms with Crippen molar-refractivity contribution in [1.82, 2.24) is 4.31 Å². The van der Waals surface area contributed by atoms with Gasteiger partial charge in [-0.3, -0.25) is 0 Å². The second-order valence-corrected chi connectivity index (χ2v) is 6.61. The zero-order valence-electron chi connectivity index (χ0n) is 12.1. The summed E-state index contributed by atoms with van der Waals surface area (Å²) in [7, 11) is -2.82. The van der Waals surface area contributed by atoms with Crippen LogP contribution in [0.4, 0.5) is 8.78 Å². The van der Waals surface area contributed by atoms with Crippen LogP contribution in [0, 0.1) is 11.6 Å². The number of aliphatic hydroxyl groups is 1. The summed E-state index contributed by atoms with van der Waals surface area (Å²) in [6.07, 6.45) is 0. The van der Waals surface area contributed by atoms with Gasteiger partial charge in [-0.2, -0.15) is 4.31 Å². The maximum atomic E-state index is 13.9. The molecule has 1 aromatic carbocycles. The highest BCUT2D eigenvalue weighted by Crippen LogP contribution is 2.24. The van der Waals surface area contributed by atoms with Gasteiger partial charge in [-0.25, -0.2) is 17.2 Å².